The number of rotatable bonds is 3. The summed E-state index contributed by atoms with van der Waals surface area (Å²) in [5.41, 5.74) is 1.20. The largest absolute Gasteiger partial charge is 0.465 e. The number of methoxy groups -OCH3 is 1. The first-order valence-electron chi connectivity index (χ1n) is 5.22. The van der Waals surface area contributed by atoms with E-state index >= 15 is 0 Å². The fourth-order valence-electron chi connectivity index (χ4n) is 1.76. The van der Waals surface area contributed by atoms with Crippen molar-refractivity contribution in [3.8, 4) is 0 Å². The Kier molecular flexibility index (Phi) is 3.29. The summed E-state index contributed by atoms with van der Waals surface area (Å²) in [5, 5.41) is 0.697. The second-order valence-electron chi connectivity index (χ2n) is 3.86. The van der Waals surface area contributed by atoms with E-state index in [0.29, 0.717) is 26.9 Å². The van der Waals surface area contributed by atoms with Crippen LogP contribution in [0.4, 0.5) is 5.69 Å². The lowest BCUT2D eigenvalue weighted by molar-refractivity contribution is 0.0604. The predicted octanol–water partition coefficient (Wildman–Crippen LogP) is 1.96. The van der Waals surface area contributed by atoms with Crippen molar-refractivity contribution in [2.45, 2.75) is 0 Å². The van der Waals surface area contributed by atoms with E-state index in [9.17, 15) is 9.59 Å². The molecule has 94 valence electrons. The first-order chi connectivity index (χ1) is 8.60. The topological polar surface area (TPSA) is 59.5 Å². The fraction of sp³-hybridized carbons (Fsp3) is 0.250. The molecule has 0 aromatic carbocycles. The van der Waals surface area contributed by atoms with Crippen molar-refractivity contribution < 1.29 is 14.3 Å². The smallest absolute Gasteiger partial charge is 0.348 e. The minimum atomic E-state index is -0.509. The zero-order valence-electron chi connectivity index (χ0n) is 10.3. The van der Waals surface area contributed by atoms with E-state index in [0.717, 1.165) is 5.69 Å². The van der Waals surface area contributed by atoms with Gasteiger partial charge in [0.2, 0.25) is 0 Å². The van der Waals surface area contributed by atoms with Gasteiger partial charge in [-0.3, -0.25) is 4.79 Å². The van der Waals surface area contributed by atoms with Gasteiger partial charge < -0.3 is 9.64 Å². The molecule has 0 bridgehead atoms. The van der Waals surface area contributed by atoms with Crippen molar-refractivity contribution in [2.24, 2.45) is 0 Å². The molecule has 0 atom stereocenters. The summed E-state index contributed by atoms with van der Waals surface area (Å²) >= 11 is 1.17. The Balaban J connectivity index is 2.82. The molecule has 18 heavy (non-hydrogen) atoms. The van der Waals surface area contributed by atoms with Crippen LogP contribution in [-0.4, -0.2) is 38.4 Å². The molecule has 0 saturated heterocycles. The van der Waals surface area contributed by atoms with E-state index in [2.05, 4.69) is 9.72 Å². The quantitative estimate of drug-likeness (QED) is 0.626. The molecule has 0 amide bonds. The van der Waals surface area contributed by atoms with Crippen LogP contribution in [0.15, 0.2) is 12.3 Å². The maximum Gasteiger partial charge on any atom is 0.348 e. The average Bonchev–Trinajstić information content (AvgIpc) is 2.75. The number of hydrogen-bond acceptors (Lipinski definition) is 6. The van der Waals surface area contributed by atoms with Gasteiger partial charge in [0.15, 0.2) is 6.29 Å². The summed E-state index contributed by atoms with van der Waals surface area (Å²) in [6.45, 7) is 0. The number of anilines is 1. The average molecular weight is 264 g/mol. The first kappa shape index (κ1) is 12.5. The Hall–Kier alpha value is -1.95. The third-order valence-electron chi connectivity index (χ3n) is 2.58. The van der Waals surface area contributed by atoms with Crippen molar-refractivity contribution in [3.05, 3.63) is 22.7 Å². The van der Waals surface area contributed by atoms with Crippen molar-refractivity contribution in [2.75, 3.05) is 26.1 Å². The number of aldehydes is 1. The fourth-order valence-corrected chi connectivity index (χ4v) is 2.81. The SMILES string of the molecule is COC(=O)c1sc2nccc(N(C)C)c2c1C=O. The van der Waals surface area contributed by atoms with Crippen LogP contribution in [0.5, 0.6) is 0 Å². The maximum absolute atomic E-state index is 11.6. The van der Waals surface area contributed by atoms with Crippen LogP contribution in [-0.2, 0) is 4.74 Å². The van der Waals surface area contributed by atoms with Crippen molar-refractivity contribution in [1.82, 2.24) is 4.98 Å². The van der Waals surface area contributed by atoms with E-state index in [4.69, 9.17) is 0 Å². The third-order valence-corrected chi connectivity index (χ3v) is 3.67. The van der Waals surface area contributed by atoms with Gasteiger partial charge in [-0.25, -0.2) is 9.78 Å². The Morgan fingerprint density at radius 1 is 1.50 bits per heavy atom. The number of carbonyl (C=O) groups excluding carboxylic acids is 2. The number of carbonyl (C=O) groups is 2. The molecule has 6 heteroatoms. The molecular weight excluding hydrogens is 252 g/mol. The summed E-state index contributed by atoms with van der Waals surface area (Å²) in [4.78, 5) is 29.9. The summed E-state index contributed by atoms with van der Waals surface area (Å²) in [6.07, 6.45) is 2.34. The molecule has 0 N–H and O–H groups in total. The van der Waals surface area contributed by atoms with Crippen LogP contribution in [0.1, 0.15) is 20.0 Å². The molecule has 0 fully saturated rings. The second-order valence-corrected chi connectivity index (χ2v) is 4.86. The number of fused-ring (bicyclic) bond motifs is 1. The van der Waals surface area contributed by atoms with Gasteiger partial charge in [0.25, 0.3) is 0 Å². The van der Waals surface area contributed by atoms with Gasteiger partial charge in [0.1, 0.15) is 9.71 Å². The summed E-state index contributed by atoms with van der Waals surface area (Å²) in [7, 11) is 5.04. The minimum absolute atomic E-state index is 0.296. The normalized spacial score (nSPS) is 10.4. The number of esters is 1. The van der Waals surface area contributed by atoms with Gasteiger partial charge in [-0.2, -0.15) is 0 Å². The number of ether oxygens (including phenoxy) is 1. The lowest BCUT2D eigenvalue weighted by Crippen LogP contribution is -2.09. The molecule has 2 heterocycles. The van der Waals surface area contributed by atoms with Crippen LogP contribution < -0.4 is 4.90 Å². The molecule has 5 nitrogen and oxygen atoms in total. The Bertz CT molecular complexity index is 619. The van der Waals surface area contributed by atoms with Gasteiger partial charge in [0.05, 0.1) is 12.7 Å². The third kappa shape index (κ3) is 1.84. The highest BCUT2D eigenvalue weighted by Gasteiger charge is 2.21. The van der Waals surface area contributed by atoms with Gasteiger partial charge in [-0.1, -0.05) is 0 Å². The van der Waals surface area contributed by atoms with E-state index < -0.39 is 5.97 Å². The summed E-state index contributed by atoms with van der Waals surface area (Å²) < 4.78 is 4.68. The first-order valence-corrected chi connectivity index (χ1v) is 6.04. The second kappa shape index (κ2) is 4.73. The molecule has 2 aromatic rings. The molecule has 0 aliphatic rings. The minimum Gasteiger partial charge on any atom is -0.465 e. The molecule has 0 unspecified atom stereocenters. The van der Waals surface area contributed by atoms with Gasteiger partial charge >= 0.3 is 5.97 Å². The van der Waals surface area contributed by atoms with Gasteiger partial charge in [0, 0.05) is 31.4 Å². The Labute approximate surface area is 108 Å². The monoisotopic (exact) mass is 264 g/mol. The molecule has 0 aliphatic carbocycles. The Morgan fingerprint density at radius 2 is 2.22 bits per heavy atom. The molecule has 0 aliphatic heterocycles. The molecule has 0 saturated carbocycles. The summed E-state index contributed by atoms with van der Waals surface area (Å²) in [5.74, 6) is -0.509. The van der Waals surface area contributed by atoms with E-state index in [1.165, 1.54) is 18.4 Å². The van der Waals surface area contributed by atoms with Gasteiger partial charge in [-0.15, -0.1) is 11.3 Å². The molecule has 0 spiro atoms. The number of hydrogen-bond donors (Lipinski definition) is 0. The number of thiophene rings is 1. The maximum atomic E-state index is 11.6. The predicted molar refractivity (Wildman–Crippen MR) is 70.7 cm³/mol. The van der Waals surface area contributed by atoms with Crippen LogP contribution in [0.3, 0.4) is 0 Å². The van der Waals surface area contributed by atoms with Crippen molar-refractivity contribution >= 4 is 39.5 Å². The number of nitrogens with zero attached hydrogens (tertiary/aromatic N) is 2. The molecule has 2 aromatic heterocycles. The summed E-state index contributed by atoms with van der Waals surface area (Å²) in [6, 6.07) is 1.81. The zero-order chi connectivity index (χ0) is 13.3. The van der Waals surface area contributed by atoms with Crippen molar-refractivity contribution in [1.29, 1.82) is 0 Å². The lowest BCUT2D eigenvalue weighted by atomic mass is 10.1. The van der Waals surface area contributed by atoms with Gasteiger partial charge in [-0.05, 0) is 6.07 Å². The van der Waals surface area contributed by atoms with Crippen molar-refractivity contribution in [3.63, 3.8) is 0 Å². The highest BCUT2D eigenvalue weighted by molar-refractivity contribution is 7.20. The highest BCUT2D eigenvalue weighted by atomic mass is 32.1. The molecular formula is C12H12N2O3S. The van der Waals surface area contributed by atoms with E-state index in [1.54, 1.807) is 6.20 Å². The Morgan fingerprint density at radius 3 is 2.78 bits per heavy atom. The van der Waals surface area contributed by atoms with E-state index in [1.807, 2.05) is 25.1 Å². The lowest BCUT2D eigenvalue weighted by Gasteiger charge is -2.13. The van der Waals surface area contributed by atoms with Crippen LogP contribution in [0, 0.1) is 0 Å². The molecule has 2 rings (SSSR count). The standard InChI is InChI=1S/C12H12N2O3S/c1-14(2)8-4-5-13-11-9(8)7(6-15)10(18-11)12(16)17-3/h4-6H,1-3H3. The number of aromatic nitrogens is 1. The van der Waals surface area contributed by atoms with E-state index in [-0.39, 0.29) is 0 Å². The number of pyridine rings is 1. The zero-order valence-corrected chi connectivity index (χ0v) is 11.1. The molecule has 0 radical (unpaired) electrons. The van der Waals surface area contributed by atoms with Crippen LogP contribution in [0.2, 0.25) is 0 Å². The highest BCUT2D eigenvalue weighted by Crippen LogP contribution is 2.35. The van der Waals surface area contributed by atoms with Crippen LogP contribution in [0.25, 0.3) is 10.2 Å². The van der Waals surface area contributed by atoms with Crippen LogP contribution >= 0.6 is 11.3 Å².